The summed E-state index contributed by atoms with van der Waals surface area (Å²) in [6.45, 7) is 2.09. The van der Waals surface area contributed by atoms with Crippen LogP contribution in [0, 0.1) is 6.92 Å². The van der Waals surface area contributed by atoms with Crippen molar-refractivity contribution in [2.24, 2.45) is 0 Å². The molecule has 1 aromatic carbocycles. The third-order valence-electron chi connectivity index (χ3n) is 3.92. The van der Waals surface area contributed by atoms with Gasteiger partial charge in [-0.2, -0.15) is 0 Å². The largest absolute Gasteiger partial charge is 0.358 e. The number of thiazole rings is 1. The Morgan fingerprint density at radius 2 is 2.13 bits per heavy atom. The van der Waals surface area contributed by atoms with Crippen molar-refractivity contribution in [2.75, 3.05) is 25.5 Å². The number of fused-ring (bicyclic) bond motifs is 1. The van der Waals surface area contributed by atoms with Crippen LogP contribution in [-0.2, 0) is 4.79 Å². The Hall–Kier alpha value is -2.41. The molecule has 0 bridgehead atoms. The number of likely N-dealkylation sites (N-methyl/N-ethyl adjacent to an activating group) is 1. The second kappa shape index (κ2) is 6.00. The summed E-state index contributed by atoms with van der Waals surface area (Å²) in [5, 5.41) is 5.51. The van der Waals surface area contributed by atoms with Crippen LogP contribution < -0.4 is 10.2 Å². The summed E-state index contributed by atoms with van der Waals surface area (Å²) < 4.78 is 0. The first kappa shape index (κ1) is 15.5. The standard InChI is InChI=1S/C16H18N4O2S/c1-10-18-12(9-23-10)15-19(3)16(22)11-6-4-5-7-13(11)20(15)8-14(21)17-2/h4-7,9,15H,8H2,1-3H3,(H,17,21)/t15-/m0/s1. The van der Waals surface area contributed by atoms with E-state index in [0.29, 0.717) is 5.56 Å². The SMILES string of the molecule is CNC(=O)CN1c2ccccc2C(=O)N(C)[C@@H]1c1csc(C)n1. The molecular weight excluding hydrogens is 312 g/mol. The van der Waals surface area contributed by atoms with Gasteiger partial charge in [0.05, 0.1) is 28.5 Å². The van der Waals surface area contributed by atoms with Crippen LogP contribution in [0.1, 0.15) is 27.2 Å². The van der Waals surface area contributed by atoms with Crippen LogP contribution >= 0.6 is 11.3 Å². The lowest BCUT2D eigenvalue weighted by atomic mass is 10.0. The molecule has 1 aliphatic heterocycles. The number of rotatable bonds is 3. The predicted molar refractivity (Wildman–Crippen MR) is 89.5 cm³/mol. The summed E-state index contributed by atoms with van der Waals surface area (Å²) in [5.41, 5.74) is 2.14. The third kappa shape index (κ3) is 2.68. The van der Waals surface area contributed by atoms with Gasteiger partial charge in [-0.3, -0.25) is 9.59 Å². The number of para-hydroxylation sites is 1. The average molecular weight is 330 g/mol. The summed E-state index contributed by atoms with van der Waals surface area (Å²) in [6.07, 6.45) is -0.389. The van der Waals surface area contributed by atoms with Crippen molar-refractivity contribution in [1.82, 2.24) is 15.2 Å². The van der Waals surface area contributed by atoms with E-state index < -0.39 is 0 Å². The Bertz CT molecular complexity index is 758. The Kier molecular flexibility index (Phi) is 4.04. The minimum atomic E-state index is -0.389. The number of nitrogens with one attached hydrogen (secondary N) is 1. The van der Waals surface area contributed by atoms with Crippen molar-refractivity contribution >= 4 is 28.8 Å². The van der Waals surface area contributed by atoms with E-state index in [4.69, 9.17) is 0 Å². The van der Waals surface area contributed by atoms with Gasteiger partial charge in [-0.05, 0) is 19.1 Å². The van der Waals surface area contributed by atoms with Gasteiger partial charge in [-0.1, -0.05) is 12.1 Å². The van der Waals surface area contributed by atoms with E-state index in [1.54, 1.807) is 25.1 Å². The Balaban J connectivity index is 2.12. The Morgan fingerprint density at radius 1 is 1.39 bits per heavy atom. The first-order valence-electron chi connectivity index (χ1n) is 7.28. The van der Waals surface area contributed by atoms with Crippen LogP contribution in [0.25, 0.3) is 0 Å². The van der Waals surface area contributed by atoms with E-state index in [1.165, 1.54) is 11.3 Å². The van der Waals surface area contributed by atoms with Gasteiger partial charge in [0.15, 0.2) is 0 Å². The number of hydrogen-bond donors (Lipinski definition) is 1. The first-order valence-corrected chi connectivity index (χ1v) is 8.16. The molecule has 0 saturated heterocycles. The minimum absolute atomic E-state index is 0.0654. The van der Waals surface area contributed by atoms with Crippen molar-refractivity contribution in [2.45, 2.75) is 13.1 Å². The van der Waals surface area contributed by atoms with Gasteiger partial charge >= 0.3 is 0 Å². The summed E-state index contributed by atoms with van der Waals surface area (Å²) in [5.74, 6) is -0.177. The molecule has 3 rings (SSSR count). The average Bonchev–Trinajstić information content (AvgIpc) is 2.98. The molecule has 0 unspecified atom stereocenters. The number of carbonyl (C=O) groups is 2. The van der Waals surface area contributed by atoms with Crippen molar-refractivity contribution in [3.63, 3.8) is 0 Å². The lowest BCUT2D eigenvalue weighted by Crippen LogP contribution is -2.50. The number of nitrogens with zero attached hydrogens (tertiary/aromatic N) is 3. The topological polar surface area (TPSA) is 65.5 Å². The molecular formula is C16H18N4O2S. The number of benzene rings is 1. The van der Waals surface area contributed by atoms with E-state index in [1.807, 2.05) is 35.4 Å². The van der Waals surface area contributed by atoms with Crippen LogP contribution in [0.5, 0.6) is 0 Å². The highest BCUT2D eigenvalue weighted by Crippen LogP contribution is 2.37. The molecule has 0 aliphatic carbocycles. The van der Waals surface area contributed by atoms with Gasteiger partial charge in [0, 0.05) is 19.5 Å². The molecule has 0 fully saturated rings. The highest BCUT2D eigenvalue weighted by Gasteiger charge is 2.38. The fourth-order valence-corrected chi connectivity index (χ4v) is 3.43. The second-order valence-electron chi connectivity index (χ2n) is 5.40. The van der Waals surface area contributed by atoms with E-state index in [2.05, 4.69) is 10.3 Å². The van der Waals surface area contributed by atoms with Crippen molar-refractivity contribution in [3.8, 4) is 0 Å². The highest BCUT2D eigenvalue weighted by molar-refractivity contribution is 7.09. The number of aromatic nitrogens is 1. The molecule has 2 heterocycles. The van der Waals surface area contributed by atoms with E-state index in [-0.39, 0.29) is 24.5 Å². The Morgan fingerprint density at radius 3 is 2.78 bits per heavy atom. The van der Waals surface area contributed by atoms with Gasteiger partial charge < -0.3 is 15.1 Å². The molecule has 0 spiro atoms. The van der Waals surface area contributed by atoms with Crippen LogP contribution in [-0.4, -0.2) is 42.3 Å². The molecule has 7 heteroatoms. The van der Waals surface area contributed by atoms with Gasteiger partial charge in [0.25, 0.3) is 5.91 Å². The summed E-state index contributed by atoms with van der Waals surface area (Å²) in [4.78, 5) is 32.8. The zero-order chi connectivity index (χ0) is 16.6. The number of anilines is 1. The molecule has 1 aliphatic rings. The normalized spacial score (nSPS) is 17.2. The zero-order valence-electron chi connectivity index (χ0n) is 13.2. The maximum absolute atomic E-state index is 12.7. The minimum Gasteiger partial charge on any atom is -0.358 e. The molecule has 6 nitrogen and oxygen atoms in total. The van der Waals surface area contributed by atoms with E-state index >= 15 is 0 Å². The van der Waals surface area contributed by atoms with E-state index in [9.17, 15) is 9.59 Å². The van der Waals surface area contributed by atoms with Crippen LogP contribution in [0.2, 0.25) is 0 Å². The molecule has 0 saturated carbocycles. The molecule has 120 valence electrons. The maximum atomic E-state index is 12.7. The molecule has 1 aromatic heterocycles. The first-order chi connectivity index (χ1) is 11.0. The molecule has 0 radical (unpaired) electrons. The highest BCUT2D eigenvalue weighted by atomic mass is 32.1. The molecule has 2 aromatic rings. The summed E-state index contributed by atoms with van der Waals surface area (Å²) >= 11 is 1.53. The lowest BCUT2D eigenvalue weighted by molar-refractivity contribution is -0.119. The molecule has 2 amide bonds. The Labute approximate surface area is 138 Å². The quantitative estimate of drug-likeness (QED) is 0.932. The summed E-state index contributed by atoms with van der Waals surface area (Å²) in [6, 6.07) is 7.36. The lowest BCUT2D eigenvalue weighted by Gasteiger charge is -2.42. The predicted octanol–water partition coefficient (Wildman–Crippen LogP) is 1.79. The maximum Gasteiger partial charge on any atom is 0.257 e. The van der Waals surface area contributed by atoms with Crippen LogP contribution in [0.3, 0.4) is 0 Å². The third-order valence-corrected chi connectivity index (χ3v) is 4.71. The second-order valence-corrected chi connectivity index (χ2v) is 6.46. The van der Waals surface area contributed by atoms with Gasteiger partial charge in [0.2, 0.25) is 5.91 Å². The van der Waals surface area contributed by atoms with Crippen molar-refractivity contribution in [3.05, 3.63) is 45.9 Å². The molecule has 1 atom stereocenters. The fraction of sp³-hybridized carbons (Fsp3) is 0.312. The smallest absolute Gasteiger partial charge is 0.257 e. The van der Waals surface area contributed by atoms with Crippen molar-refractivity contribution < 1.29 is 9.59 Å². The number of carbonyl (C=O) groups excluding carboxylic acids is 2. The fourth-order valence-electron chi connectivity index (χ4n) is 2.81. The van der Waals surface area contributed by atoms with Crippen molar-refractivity contribution in [1.29, 1.82) is 0 Å². The monoisotopic (exact) mass is 330 g/mol. The van der Waals surface area contributed by atoms with Crippen LogP contribution in [0.15, 0.2) is 29.6 Å². The van der Waals surface area contributed by atoms with Gasteiger partial charge in [-0.25, -0.2) is 4.98 Å². The number of amides is 2. The van der Waals surface area contributed by atoms with Gasteiger partial charge in [0.1, 0.15) is 6.17 Å². The van der Waals surface area contributed by atoms with E-state index in [0.717, 1.165) is 16.4 Å². The molecule has 1 N–H and O–H groups in total. The number of hydrogen-bond acceptors (Lipinski definition) is 5. The molecule has 23 heavy (non-hydrogen) atoms. The van der Waals surface area contributed by atoms with Crippen LogP contribution in [0.4, 0.5) is 5.69 Å². The number of aryl methyl sites for hydroxylation is 1. The zero-order valence-corrected chi connectivity index (χ0v) is 14.1. The van der Waals surface area contributed by atoms with Gasteiger partial charge in [-0.15, -0.1) is 11.3 Å². The summed E-state index contributed by atoms with van der Waals surface area (Å²) in [7, 11) is 3.35.